The fourth-order valence-corrected chi connectivity index (χ4v) is 4.99. The van der Waals surface area contributed by atoms with Gasteiger partial charge in [0.1, 0.15) is 0 Å². The lowest BCUT2D eigenvalue weighted by Crippen LogP contribution is -2.13. The van der Waals surface area contributed by atoms with E-state index < -0.39 is 5.63 Å². The van der Waals surface area contributed by atoms with Gasteiger partial charge in [-0.2, -0.15) is 0 Å². The molecule has 1 amide bonds. The number of carbonyl (C=O) groups excluding carboxylic acids is 1. The number of para-hydroxylation sites is 2. The smallest absolute Gasteiger partial charge is 0.347 e. The van der Waals surface area contributed by atoms with E-state index in [1.165, 1.54) is 16.2 Å². The summed E-state index contributed by atoms with van der Waals surface area (Å²) in [6.07, 6.45) is 0. The average molecular weight is 466 g/mol. The predicted octanol–water partition coefficient (Wildman–Crippen LogP) is 7.00. The van der Waals surface area contributed by atoms with E-state index in [4.69, 9.17) is 4.42 Å². The first kappa shape index (κ1) is 20.4. The highest BCUT2D eigenvalue weighted by Crippen LogP contribution is 2.35. The Labute approximate surface area is 205 Å². The molecule has 0 atom stereocenters. The molecule has 0 spiro atoms. The molecule has 0 aliphatic heterocycles. The summed E-state index contributed by atoms with van der Waals surface area (Å²) in [5, 5.41) is 10.2. The van der Waals surface area contributed by atoms with Crippen molar-refractivity contribution in [3.63, 3.8) is 0 Å². The molecule has 1 heterocycles. The van der Waals surface area contributed by atoms with Crippen LogP contribution in [0.5, 0.6) is 0 Å². The van der Waals surface area contributed by atoms with Gasteiger partial charge in [0.25, 0.3) is 5.91 Å². The number of fused-ring (bicyclic) bond motifs is 1. The molecule has 6 aromatic carbocycles. The van der Waals surface area contributed by atoms with Crippen molar-refractivity contribution < 1.29 is 9.21 Å². The second-order valence-electron chi connectivity index (χ2n) is 8.83. The minimum atomic E-state index is -0.469. The molecule has 0 aliphatic carbocycles. The van der Waals surface area contributed by atoms with Gasteiger partial charge in [-0.05, 0) is 68.7 Å². The second-order valence-corrected chi connectivity index (χ2v) is 8.83. The van der Waals surface area contributed by atoms with Crippen LogP contribution < -0.4 is 10.9 Å². The van der Waals surface area contributed by atoms with Gasteiger partial charge in [-0.15, -0.1) is 0 Å². The first-order valence-corrected chi connectivity index (χ1v) is 11.6. The molecule has 0 saturated carbocycles. The lowest BCUT2D eigenvalue weighted by molar-refractivity contribution is 0.102. The van der Waals surface area contributed by atoms with Crippen molar-refractivity contribution in [2.45, 2.75) is 0 Å². The summed E-state index contributed by atoms with van der Waals surface area (Å²) in [5.41, 5.74) is 1.66. The fourth-order valence-electron chi connectivity index (χ4n) is 4.99. The summed E-state index contributed by atoms with van der Waals surface area (Å²) >= 11 is 0. The Morgan fingerprint density at radius 3 is 2.11 bits per heavy atom. The molecule has 0 saturated heterocycles. The number of hydrogen-bond donors (Lipinski definition) is 1. The second kappa shape index (κ2) is 7.75. The first-order chi connectivity index (χ1) is 17.7. The molecule has 0 radical (unpaired) electrons. The Bertz CT molecular complexity index is 1960. The fraction of sp³-hybridized carbons (Fsp3) is 0. The van der Waals surface area contributed by atoms with Crippen LogP contribution in [-0.2, 0) is 0 Å². The van der Waals surface area contributed by atoms with Gasteiger partial charge in [0, 0.05) is 5.56 Å². The lowest BCUT2D eigenvalue weighted by atomic mass is 9.93. The third-order valence-electron chi connectivity index (χ3n) is 6.67. The Morgan fingerprint density at radius 2 is 1.33 bits per heavy atom. The molecule has 0 unspecified atom stereocenters. The van der Waals surface area contributed by atoms with Crippen LogP contribution in [0.15, 0.2) is 112 Å². The zero-order valence-electron chi connectivity index (χ0n) is 19.0. The number of amides is 1. The van der Waals surface area contributed by atoms with E-state index in [1.54, 1.807) is 30.3 Å². The number of carbonyl (C=O) groups is 1. The molecule has 170 valence electrons. The Hall–Kier alpha value is -5.03. The molecule has 0 fully saturated rings. The highest BCUT2D eigenvalue weighted by Gasteiger charge is 2.16. The third kappa shape index (κ3) is 3.14. The SMILES string of the molecule is O=C(Nc1ccccc1-c1nc2ccccc2c(=O)o1)c1cc2ccc3cccc4ccc(c1)c2c34. The summed E-state index contributed by atoms with van der Waals surface area (Å²) < 4.78 is 5.52. The van der Waals surface area contributed by atoms with E-state index in [2.05, 4.69) is 52.8 Å². The lowest BCUT2D eigenvalue weighted by Gasteiger charge is -2.13. The number of anilines is 1. The zero-order chi connectivity index (χ0) is 24.2. The highest BCUT2D eigenvalue weighted by atomic mass is 16.4. The molecule has 36 heavy (non-hydrogen) atoms. The van der Waals surface area contributed by atoms with E-state index in [9.17, 15) is 9.59 Å². The maximum atomic E-state index is 13.4. The topological polar surface area (TPSA) is 72.2 Å². The van der Waals surface area contributed by atoms with Crippen LogP contribution >= 0.6 is 0 Å². The normalized spacial score (nSPS) is 11.6. The quantitative estimate of drug-likeness (QED) is 0.285. The number of aromatic nitrogens is 1. The molecule has 0 aliphatic rings. The van der Waals surface area contributed by atoms with Gasteiger partial charge in [-0.3, -0.25) is 4.79 Å². The maximum absolute atomic E-state index is 13.4. The first-order valence-electron chi connectivity index (χ1n) is 11.6. The van der Waals surface area contributed by atoms with Gasteiger partial charge >= 0.3 is 5.63 Å². The van der Waals surface area contributed by atoms with E-state index in [-0.39, 0.29) is 11.8 Å². The molecule has 1 N–H and O–H groups in total. The van der Waals surface area contributed by atoms with Crippen molar-refractivity contribution >= 4 is 54.8 Å². The van der Waals surface area contributed by atoms with Gasteiger partial charge < -0.3 is 9.73 Å². The van der Waals surface area contributed by atoms with Crippen LogP contribution in [0.2, 0.25) is 0 Å². The molecule has 5 nitrogen and oxygen atoms in total. The molecular weight excluding hydrogens is 448 g/mol. The van der Waals surface area contributed by atoms with Crippen LogP contribution in [0.4, 0.5) is 5.69 Å². The van der Waals surface area contributed by atoms with E-state index in [0.717, 1.165) is 16.2 Å². The Balaban J connectivity index is 1.31. The van der Waals surface area contributed by atoms with E-state index >= 15 is 0 Å². The number of hydrogen-bond acceptors (Lipinski definition) is 4. The van der Waals surface area contributed by atoms with Gasteiger partial charge in [0.15, 0.2) is 0 Å². The number of nitrogens with one attached hydrogen (secondary N) is 1. The van der Waals surface area contributed by atoms with Gasteiger partial charge in [-0.1, -0.05) is 66.7 Å². The van der Waals surface area contributed by atoms with Gasteiger partial charge in [0.05, 0.1) is 22.2 Å². The van der Waals surface area contributed by atoms with E-state index in [0.29, 0.717) is 27.7 Å². The maximum Gasteiger partial charge on any atom is 0.347 e. The standard InChI is InChI=1S/C31H18N2O3/c34-29(22-16-20-14-12-18-6-5-7-19-13-15-21(17-22)28(20)27(18)19)32-25-10-3-1-8-23(25)30-33-26-11-4-2-9-24(26)31(35)36-30/h1-17H,(H,32,34). The monoisotopic (exact) mass is 466 g/mol. The molecule has 0 bridgehead atoms. The Kier molecular flexibility index (Phi) is 4.38. The van der Waals surface area contributed by atoms with Crippen molar-refractivity contribution in [3.8, 4) is 11.5 Å². The van der Waals surface area contributed by atoms with Crippen molar-refractivity contribution in [1.29, 1.82) is 0 Å². The minimum absolute atomic E-state index is 0.158. The van der Waals surface area contributed by atoms with Crippen LogP contribution in [0.25, 0.3) is 54.7 Å². The number of benzene rings is 6. The third-order valence-corrected chi connectivity index (χ3v) is 6.67. The van der Waals surface area contributed by atoms with Crippen LogP contribution in [0.3, 0.4) is 0 Å². The molecule has 5 heteroatoms. The van der Waals surface area contributed by atoms with Crippen LogP contribution in [0, 0.1) is 0 Å². The number of rotatable bonds is 3. The van der Waals surface area contributed by atoms with Gasteiger partial charge in [-0.25, -0.2) is 9.78 Å². The predicted molar refractivity (Wildman–Crippen MR) is 144 cm³/mol. The molecule has 1 aromatic heterocycles. The van der Waals surface area contributed by atoms with Crippen LogP contribution in [-0.4, -0.2) is 10.9 Å². The molecule has 7 rings (SSSR count). The van der Waals surface area contributed by atoms with Crippen molar-refractivity contribution in [2.75, 3.05) is 5.32 Å². The average Bonchev–Trinajstić information content (AvgIpc) is 2.92. The number of nitrogens with zero attached hydrogens (tertiary/aromatic N) is 1. The summed E-state index contributed by atoms with van der Waals surface area (Å²) in [5.74, 6) is -0.0961. The summed E-state index contributed by atoms with van der Waals surface area (Å²) in [6, 6.07) is 32.6. The van der Waals surface area contributed by atoms with Gasteiger partial charge in [0.2, 0.25) is 5.89 Å². The summed E-state index contributed by atoms with van der Waals surface area (Å²) in [6.45, 7) is 0. The van der Waals surface area contributed by atoms with Crippen molar-refractivity contribution in [3.05, 3.63) is 119 Å². The summed E-state index contributed by atoms with van der Waals surface area (Å²) in [4.78, 5) is 30.5. The van der Waals surface area contributed by atoms with Crippen molar-refractivity contribution in [2.24, 2.45) is 0 Å². The molecule has 7 aromatic rings. The highest BCUT2D eigenvalue weighted by molar-refractivity contribution is 6.24. The van der Waals surface area contributed by atoms with Crippen molar-refractivity contribution in [1.82, 2.24) is 4.98 Å². The van der Waals surface area contributed by atoms with E-state index in [1.807, 2.05) is 30.3 Å². The van der Waals surface area contributed by atoms with Crippen LogP contribution in [0.1, 0.15) is 10.4 Å². The Morgan fingerprint density at radius 1 is 0.694 bits per heavy atom. The molecular formula is C31H18N2O3. The summed E-state index contributed by atoms with van der Waals surface area (Å²) in [7, 11) is 0. The largest absolute Gasteiger partial charge is 0.403 e. The zero-order valence-corrected chi connectivity index (χ0v) is 19.0. The minimum Gasteiger partial charge on any atom is -0.403 e.